The Balaban J connectivity index is 1.31. The largest absolute Gasteiger partial charge is 0.497 e. The van der Waals surface area contributed by atoms with Crippen LogP contribution in [0.3, 0.4) is 0 Å². The molecule has 0 N–H and O–H groups in total. The van der Waals surface area contributed by atoms with Crippen molar-refractivity contribution in [3.05, 3.63) is 54.1 Å². The molecule has 154 valence electrons. The number of carbonyl (C=O) groups is 3. The van der Waals surface area contributed by atoms with E-state index in [1.165, 1.54) is 4.90 Å². The minimum absolute atomic E-state index is 0.0817. The summed E-state index contributed by atoms with van der Waals surface area (Å²) < 4.78 is 10.8. The van der Waals surface area contributed by atoms with Crippen molar-refractivity contribution in [2.75, 3.05) is 18.6 Å². The minimum atomic E-state index is -0.182. The Kier molecular flexibility index (Phi) is 4.57. The highest BCUT2D eigenvalue weighted by Gasteiger charge is 2.61. The van der Waals surface area contributed by atoms with E-state index >= 15 is 0 Å². The highest BCUT2D eigenvalue weighted by Crippen LogP contribution is 2.56. The quantitative estimate of drug-likeness (QED) is 0.543. The normalized spacial score (nSPS) is 26.8. The third kappa shape index (κ3) is 2.98. The highest BCUT2D eigenvalue weighted by molar-refractivity contribution is 6.22. The van der Waals surface area contributed by atoms with Crippen molar-refractivity contribution in [1.82, 2.24) is 0 Å². The van der Waals surface area contributed by atoms with Gasteiger partial charge in [0.25, 0.3) is 0 Å². The van der Waals surface area contributed by atoms with E-state index in [9.17, 15) is 14.4 Å². The number of hydrogen-bond acceptors (Lipinski definition) is 5. The second-order valence-corrected chi connectivity index (χ2v) is 8.34. The molecule has 6 heteroatoms. The van der Waals surface area contributed by atoms with Crippen LogP contribution in [0.15, 0.2) is 48.5 Å². The fourth-order valence-electron chi connectivity index (χ4n) is 5.40. The van der Waals surface area contributed by atoms with Crippen LogP contribution in [-0.4, -0.2) is 31.3 Å². The predicted octanol–water partition coefficient (Wildman–Crippen LogP) is 3.49. The number of amides is 2. The summed E-state index contributed by atoms with van der Waals surface area (Å²) in [5, 5.41) is 0. The number of nitrogens with zero attached hydrogens (tertiary/aromatic N) is 1. The van der Waals surface area contributed by atoms with Crippen LogP contribution in [-0.2, 0) is 9.59 Å². The molecule has 2 aromatic carbocycles. The molecular weight excluding hydrogens is 382 g/mol. The Labute approximate surface area is 174 Å². The van der Waals surface area contributed by atoms with E-state index in [0.717, 1.165) is 19.3 Å². The van der Waals surface area contributed by atoms with E-state index in [-0.39, 0.29) is 36.0 Å². The zero-order valence-corrected chi connectivity index (χ0v) is 16.7. The smallest absolute Gasteiger partial charge is 0.237 e. The second kappa shape index (κ2) is 7.27. The Bertz CT molecular complexity index is 1000. The van der Waals surface area contributed by atoms with Crippen molar-refractivity contribution in [3.8, 4) is 11.5 Å². The van der Waals surface area contributed by atoms with Crippen LogP contribution in [0.1, 0.15) is 29.6 Å². The standard InChI is InChI=1S/C24H23NO5/c1-29-18-6-2-4-14(11-18)20(26)13-30-19-7-3-5-17(12-19)25-23(27)21-15-8-9-16(10-15)22(21)24(25)28/h2-7,11-12,15-16,21-22H,8-10,13H2,1H3/t15-,16-,21+,22+/m0/s1. The molecular formula is C24H23NO5. The van der Waals surface area contributed by atoms with Gasteiger partial charge in [-0.2, -0.15) is 0 Å². The number of benzene rings is 2. The van der Waals surface area contributed by atoms with Gasteiger partial charge in [0.2, 0.25) is 11.8 Å². The molecule has 0 radical (unpaired) electrons. The number of rotatable bonds is 6. The molecule has 1 heterocycles. The maximum atomic E-state index is 13.0. The minimum Gasteiger partial charge on any atom is -0.497 e. The van der Waals surface area contributed by atoms with Crippen molar-refractivity contribution in [1.29, 1.82) is 0 Å². The van der Waals surface area contributed by atoms with E-state index in [1.807, 2.05) is 0 Å². The van der Waals surface area contributed by atoms with Gasteiger partial charge in [-0.3, -0.25) is 14.4 Å². The summed E-state index contributed by atoms with van der Waals surface area (Å²) in [6.45, 7) is -0.145. The molecule has 30 heavy (non-hydrogen) atoms. The van der Waals surface area contributed by atoms with Crippen molar-refractivity contribution in [3.63, 3.8) is 0 Å². The number of ketones is 1. The molecule has 5 rings (SSSR count). The molecule has 4 atom stereocenters. The molecule has 2 saturated carbocycles. The van der Waals surface area contributed by atoms with Gasteiger partial charge in [0, 0.05) is 11.6 Å². The fourth-order valence-corrected chi connectivity index (χ4v) is 5.40. The summed E-state index contributed by atoms with van der Waals surface area (Å²) in [4.78, 5) is 39.8. The molecule has 2 bridgehead atoms. The SMILES string of the molecule is COc1cccc(C(=O)COc2cccc(N3C(=O)[C@@H]4[C@H]5CC[C@@H](C5)[C@H]4C3=O)c2)c1. The van der Waals surface area contributed by atoms with Crippen LogP contribution in [0.2, 0.25) is 0 Å². The first-order chi connectivity index (χ1) is 14.6. The van der Waals surface area contributed by atoms with Gasteiger partial charge in [0.1, 0.15) is 11.5 Å². The van der Waals surface area contributed by atoms with Crippen LogP contribution in [0, 0.1) is 23.7 Å². The molecule has 2 aliphatic carbocycles. The molecule has 0 unspecified atom stereocenters. The zero-order chi connectivity index (χ0) is 20.8. The third-order valence-corrected chi connectivity index (χ3v) is 6.76. The highest BCUT2D eigenvalue weighted by atomic mass is 16.5. The number of methoxy groups -OCH3 is 1. The topological polar surface area (TPSA) is 72.9 Å². The molecule has 6 nitrogen and oxygen atoms in total. The monoisotopic (exact) mass is 405 g/mol. The van der Waals surface area contributed by atoms with E-state index < -0.39 is 0 Å². The van der Waals surface area contributed by atoms with Crippen molar-refractivity contribution in [2.24, 2.45) is 23.7 Å². The van der Waals surface area contributed by atoms with Gasteiger partial charge >= 0.3 is 0 Å². The Morgan fingerprint density at radius 3 is 2.33 bits per heavy atom. The first-order valence-corrected chi connectivity index (χ1v) is 10.3. The maximum absolute atomic E-state index is 13.0. The molecule has 3 fully saturated rings. The molecule has 0 spiro atoms. The number of anilines is 1. The lowest BCUT2D eigenvalue weighted by Crippen LogP contribution is -2.32. The Hall–Kier alpha value is -3.15. The van der Waals surface area contributed by atoms with Gasteiger partial charge in [0.15, 0.2) is 12.4 Å². The lowest BCUT2D eigenvalue weighted by Gasteiger charge is -2.19. The number of imide groups is 1. The maximum Gasteiger partial charge on any atom is 0.237 e. The molecule has 1 saturated heterocycles. The molecule has 2 amide bonds. The van der Waals surface area contributed by atoms with Crippen LogP contribution in [0.5, 0.6) is 11.5 Å². The number of hydrogen-bond donors (Lipinski definition) is 0. The number of fused-ring (bicyclic) bond motifs is 5. The third-order valence-electron chi connectivity index (χ3n) is 6.76. The van der Waals surface area contributed by atoms with Gasteiger partial charge in [-0.15, -0.1) is 0 Å². The van der Waals surface area contributed by atoms with Crippen LogP contribution >= 0.6 is 0 Å². The summed E-state index contributed by atoms with van der Waals surface area (Å²) in [6.07, 6.45) is 3.11. The average Bonchev–Trinajstić information content (AvgIpc) is 3.46. The first-order valence-electron chi connectivity index (χ1n) is 10.3. The Morgan fingerprint density at radius 2 is 1.63 bits per heavy atom. The van der Waals surface area contributed by atoms with Gasteiger partial charge in [0.05, 0.1) is 24.6 Å². The van der Waals surface area contributed by atoms with Gasteiger partial charge < -0.3 is 9.47 Å². The summed E-state index contributed by atoms with van der Waals surface area (Å²) >= 11 is 0. The van der Waals surface area contributed by atoms with E-state index in [0.29, 0.717) is 34.6 Å². The molecule has 0 aromatic heterocycles. The molecule has 2 aromatic rings. The van der Waals surface area contributed by atoms with Crippen LogP contribution in [0.25, 0.3) is 0 Å². The van der Waals surface area contributed by atoms with E-state index in [1.54, 1.807) is 55.6 Å². The fraction of sp³-hybridized carbons (Fsp3) is 0.375. The summed E-state index contributed by atoms with van der Waals surface area (Å²) in [5.41, 5.74) is 1.02. The van der Waals surface area contributed by atoms with Crippen molar-refractivity contribution in [2.45, 2.75) is 19.3 Å². The lowest BCUT2D eigenvalue weighted by molar-refractivity contribution is -0.123. The molecule has 1 aliphatic heterocycles. The Morgan fingerprint density at radius 1 is 0.967 bits per heavy atom. The molecule has 3 aliphatic rings. The van der Waals surface area contributed by atoms with Gasteiger partial charge in [-0.25, -0.2) is 4.90 Å². The average molecular weight is 405 g/mol. The summed E-state index contributed by atoms with van der Waals surface area (Å²) in [7, 11) is 1.55. The van der Waals surface area contributed by atoms with Crippen LogP contribution < -0.4 is 14.4 Å². The second-order valence-electron chi connectivity index (χ2n) is 8.34. The first kappa shape index (κ1) is 18.9. The number of ether oxygens (including phenoxy) is 2. The van der Waals surface area contributed by atoms with Crippen molar-refractivity contribution >= 4 is 23.3 Å². The predicted molar refractivity (Wildman–Crippen MR) is 110 cm³/mol. The van der Waals surface area contributed by atoms with Crippen LogP contribution in [0.4, 0.5) is 5.69 Å². The van der Waals surface area contributed by atoms with Gasteiger partial charge in [-0.1, -0.05) is 18.2 Å². The van der Waals surface area contributed by atoms with E-state index in [2.05, 4.69) is 0 Å². The number of carbonyl (C=O) groups excluding carboxylic acids is 3. The lowest BCUT2D eigenvalue weighted by atomic mass is 9.81. The van der Waals surface area contributed by atoms with Crippen molar-refractivity contribution < 1.29 is 23.9 Å². The summed E-state index contributed by atoms with van der Waals surface area (Å²) in [5.74, 6) is 1.09. The van der Waals surface area contributed by atoms with Gasteiger partial charge in [-0.05, 0) is 55.4 Å². The summed E-state index contributed by atoms with van der Waals surface area (Å²) in [6, 6.07) is 13.8. The zero-order valence-electron chi connectivity index (χ0n) is 16.7. The number of Topliss-reactive ketones (excluding diaryl/α,β-unsaturated/α-hetero) is 1. The van der Waals surface area contributed by atoms with E-state index in [4.69, 9.17) is 9.47 Å².